The predicted octanol–water partition coefficient (Wildman–Crippen LogP) is 3.61. The zero-order valence-electron chi connectivity index (χ0n) is 11.6. The highest BCUT2D eigenvalue weighted by atomic mass is 32.1. The average Bonchev–Trinajstić information content (AvgIpc) is 2.81. The fourth-order valence-corrected chi connectivity index (χ4v) is 2.99. The van der Waals surface area contributed by atoms with E-state index in [0.717, 1.165) is 26.7 Å². The molecule has 2 aromatic heterocycles. The number of benzene rings is 1. The number of nitrogens with two attached hydrogens (primary N) is 1. The summed E-state index contributed by atoms with van der Waals surface area (Å²) in [6, 6.07) is 6.29. The molecule has 0 amide bonds. The Bertz CT molecular complexity index is 796. The van der Waals surface area contributed by atoms with Gasteiger partial charge in [-0.05, 0) is 38.1 Å². The van der Waals surface area contributed by atoms with Crippen LogP contribution in [0.3, 0.4) is 0 Å². The van der Waals surface area contributed by atoms with Gasteiger partial charge in [-0.15, -0.1) is 11.3 Å². The number of rotatable bonds is 2. The van der Waals surface area contributed by atoms with Crippen LogP contribution in [-0.4, -0.2) is 15.0 Å². The van der Waals surface area contributed by atoms with Crippen LogP contribution in [0.1, 0.15) is 10.7 Å². The Morgan fingerprint density at radius 1 is 1.10 bits per heavy atom. The van der Waals surface area contributed by atoms with Crippen molar-refractivity contribution < 1.29 is 4.39 Å². The molecule has 21 heavy (non-hydrogen) atoms. The van der Waals surface area contributed by atoms with Crippen LogP contribution in [0.4, 0.5) is 10.2 Å². The molecule has 106 valence electrons. The van der Waals surface area contributed by atoms with Gasteiger partial charge in [0.05, 0.1) is 11.3 Å². The molecular formula is C15H13FN4S. The fourth-order valence-electron chi connectivity index (χ4n) is 2.04. The molecular weight excluding hydrogens is 287 g/mol. The quantitative estimate of drug-likeness (QED) is 0.785. The second kappa shape index (κ2) is 5.21. The third kappa shape index (κ3) is 2.62. The Morgan fingerprint density at radius 3 is 2.48 bits per heavy atom. The maximum Gasteiger partial charge on any atom is 0.137 e. The van der Waals surface area contributed by atoms with E-state index >= 15 is 0 Å². The van der Waals surface area contributed by atoms with Crippen LogP contribution >= 0.6 is 11.3 Å². The number of anilines is 1. The Hall–Kier alpha value is -2.34. The monoisotopic (exact) mass is 300 g/mol. The highest BCUT2D eigenvalue weighted by Gasteiger charge is 2.14. The van der Waals surface area contributed by atoms with Crippen molar-refractivity contribution in [2.75, 3.05) is 5.73 Å². The number of hydrogen-bond acceptors (Lipinski definition) is 5. The van der Waals surface area contributed by atoms with E-state index < -0.39 is 0 Å². The summed E-state index contributed by atoms with van der Waals surface area (Å²) in [4.78, 5) is 14.0. The molecule has 6 heteroatoms. The van der Waals surface area contributed by atoms with Gasteiger partial charge in [0.2, 0.25) is 0 Å². The molecule has 0 aliphatic rings. The number of nitrogens with zero attached hydrogens (tertiary/aromatic N) is 3. The molecule has 0 aliphatic carbocycles. The third-order valence-electron chi connectivity index (χ3n) is 3.08. The lowest BCUT2D eigenvalue weighted by molar-refractivity contribution is 0.628. The minimum absolute atomic E-state index is 0.261. The molecule has 0 unspecified atom stereocenters. The molecule has 2 heterocycles. The minimum atomic E-state index is -0.261. The van der Waals surface area contributed by atoms with Gasteiger partial charge in [-0.1, -0.05) is 0 Å². The van der Waals surface area contributed by atoms with Gasteiger partial charge in [0.15, 0.2) is 0 Å². The molecule has 0 spiro atoms. The summed E-state index contributed by atoms with van der Waals surface area (Å²) in [5.41, 5.74) is 8.37. The Morgan fingerprint density at radius 2 is 1.81 bits per heavy atom. The molecule has 2 N–H and O–H groups in total. The summed E-state index contributed by atoms with van der Waals surface area (Å²) in [5, 5.41) is 0.768. The molecule has 4 nitrogen and oxygen atoms in total. The lowest BCUT2D eigenvalue weighted by Gasteiger charge is -2.01. The highest BCUT2D eigenvalue weighted by Crippen LogP contribution is 2.34. The van der Waals surface area contributed by atoms with Crippen molar-refractivity contribution >= 4 is 17.2 Å². The summed E-state index contributed by atoms with van der Waals surface area (Å²) in [6.07, 6.45) is 1.68. The van der Waals surface area contributed by atoms with E-state index in [0.29, 0.717) is 11.6 Å². The zero-order chi connectivity index (χ0) is 15.0. The van der Waals surface area contributed by atoms with Crippen molar-refractivity contribution in [2.24, 2.45) is 0 Å². The Balaban J connectivity index is 2.07. The first-order valence-electron chi connectivity index (χ1n) is 6.37. The molecule has 0 saturated heterocycles. The third-order valence-corrected chi connectivity index (χ3v) is 4.09. The number of aromatic nitrogens is 3. The van der Waals surface area contributed by atoms with Crippen LogP contribution < -0.4 is 5.73 Å². The average molecular weight is 300 g/mol. The summed E-state index contributed by atoms with van der Waals surface area (Å²) in [7, 11) is 0. The summed E-state index contributed by atoms with van der Waals surface area (Å²) < 4.78 is 13.0. The molecule has 3 rings (SSSR count). The van der Waals surface area contributed by atoms with E-state index in [1.165, 1.54) is 23.5 Å². The van der Waals surface area contributed by atoms with Crippen LogP contribution in [0.15, 0.2) is 30.5 Å². The van der Waals surface area contributed by atoms with Gasteiger partial charge in [-0.25, -0.2) is 19.3 Å². The molecule has 0 aliphatic heterocycles. The van der Waals surface area contributed by atoms with Gasteiger partial charge >= 0.3 is 0 Å². The standard InChI is InChI=1S/C15H13FN4S/c1-8-13(10-3-5-11(16)6-4-10)20-15(21-8)12-7-18-9(2)19-14(12)17/h3-7H,1-2H3,(H2,17,18,19). The van der Waals surface area contributed by atoms with Gasteiger partial charge < -0.3 is 5.73 Å². The number of nitrogen functional groups attached to an aromatic ring is 1. The first-order chi connectivity index (χ1) is 10.0. The van der Waals surface area contributed by atoms with Crippen LogP contribution in [-0.2, 0) is 0 Å². The first-order valence-corrected chi connectivity index (χ1v) is 7.19. The summed E-state index contributed by atoms with van der Waals surface area (Å²) in [5.74, 6) is 0.785. The van der Waals surface area contributed by atoms with Crippen LogP contribution in [0.5, 0.6) is 0 Å². The lowest BCUT2D eigenvalue weighted by atomic mass is 10.1. The first kappa shape index (κ1) is 13.6. The van der Waals surface area contributed by atoms with Crippen LogP contribution in [0.25, 0.3) is 21.8 Å². The van der Waals surface area contributed by atoms with Gasteiger partial charge in [-0.2, -0.15) is 0 Å². The SMILES string of the molecule is Cc1ncc(-c2nc(-c3ccc(F)cc3)c(C)s2)c(N)n1. The van der Waals surface area contributed by atoms with E-state index in [1.54, 1.807) is 25.3 Å². The van der Waals surface area contributed by atoms with E-state index in [1.807, 2.05) is 6.92 Å². The van der Waals surface area contributed by atoms with Crippen molar-refractivity contribution in [3.63, 3.8) is 0 Å². The van der Waals surface area contributed by atoms with Gasteiger partial charge in [0, 0.05) is 16.6 Å². The maximum absolute atomic E-state index is 13.0. The number of halogens is 1. The Labute approximate surface area is 125 Å². The second-order valence-corrected chi connectivity index (χ2v) is 5.85. The zero-order valence-corrected chi connectivity index (χ0v) is 12.4. The lowest BCUT2D eigenvalue weighted by Crippen LogP contribution is -1.98. The Kier molecular flexibility index (Phi) is 3.39. The van der Waals surface area contributed by atoms with Crippen molar-refractivity contribution in [2.45, 2.75) is 13.8 Å². The fraction of sp³-hybridized carbons (Fsp3) is 0.133. The maximum atomic E-state index is 13.0. The molecule has 0 fully saturated rings. The molecule has 0 radical (unpaired) electrons. The smallest absolute Gasteiger partial charge is 0.137 e. The number of thiazole rings is 1. The van der Waals surface area contributed by atoms with Crippen molar-refractivity contribution in [1.82, 2.24) is 15.0 Å². The van der Waals surface area contributed by atoms with Crippen LogP contribution in [0, 0.1) is 19.7 Å². The number of hydrogen-bond donors (Lipinski definition) is 1. The topological polar surface area (TPSA) is 64.7 Å². The van der Waals surface area contributed by atoms with Crippen molar-refractivity contribution in [1.29, 1.82) is 0 Å². The minimum Gasteiger partial charge on any atom is -0.383 e. The van der Waals surface area contributed by atoms with E-state index in [2.05, 4.69) is 15.0 Å². The van der Waals surface area contributed by atoms with Gasteiger partial charge in [0.25, 0.3) is 0 Å². The van der Waals surface area contributed by atoms with E-state index in [4.69, 9.17) is 5.73 Å². The molecule has 3 aromatic rings. The molecule has 0 atom stereocenters. The van der Waals surface area contributed by atoms with Crippen LogP contribution in [0.2, 0.25) is 0 Å². The van der Waals surface area contributed by atoms with E-state index in [9.17, 15) is 4.39 Å². The predicted molar refractivity (Wildman–Crippen MR) is 82.4 cm³/mol. The summed E-state index contributed by atoms with van der Waals surface area (Å²) in [6.45, 7) is 3.77. The highest BCUT2D eigenvalue weighted by molar-refractivity contribution is 7.15. The molecule has 0 saturated carbocycles. The second-order valence-electron chi connectivity index (χ2n) is 4.65. The molecule has 1 aromatic carbocycles. The molecule has 0 bridgehead atoms. The summed E-state index contributed by atoms with van der Waals surface area (Å²) >= 11 is 1.52. The number of aryl methyl sites for hydroxylation is 2. The van der Waals surface area contributed by atoms with Gasteiger partial charge in [-0.3, -0.25) is 0 Å². The normalized spacial score (nSPS) is 10.8. The largest absolute Gasteiger partial charge is 0.383 e. The van der Waals surface area contributed by atoms with Crippen molar-refractivity contribution in [3.05, 3.63) is 47.0 Å². The van der Waals surface area contributed by atoms with Gasteiger partial charge in [0.1, 0.15) is 22.5 Å². The van der Waals surface area contributed by atoms with Crippen molar-refractivity contribution in [3.8, 4) is 21.8 Å². The van der Waals surface area contributed by atoms with E-state index in [-0.39, 0.29) is 5.82 Å².